The molecule has 0 radical (unpaired) electrons. The Hall–Kier alpha value is -3.12. The molecular weight excluding hydrogens is 444 g/mol. The minimum atomic E-state index is -3.73. The van der Waals surface area contributed by atoms with Crippen molar-refractivity contribution in [2.45, 2.75) is 56.9 Å². The molecule has 0 heterocycles. The van der Waals surface area contributed by atoms with Crippen LogP contribution in [0.5, 0.6) is 0 Å². The van der Waals surface area contributed by atoms with Crippen molar-refractivity contribution in [1.29, 1.82) is 0 Å². The average molecular weight is 477 g/mol. The lowest BCUT2D eigenvalue weighted by Gasteiger charge is -2.23. The summed E-state index contributed by atoms with van der Waals surface area (Å²) in [5.74, 6) is -0.215. The Kier molecular flexibility index (Phi) is 7.08. The first-order chi connectivity index (χ1) is 16.3. The Bertz CT molecular complexity index is 1280. The zero-order valence-corrected chi connectivity index (χ0v) is 20.9. The lowest BCUT2D eigenvalue weighted by atomic mass is 9.88. The number of nitrogens with zero attached hydrogens (tertiary/aromatic N) is 1. The molecule has 0 saturated heterocycles. The Morgan fingerprint density at radius 1 is 0.971 bits per heavy atom. The normalized spacial score (nSPS) is 14.2. The summed E-state index contributed by atoms with van der Waals surface area (Å²) in [6.07, 6.45) is 5.45. The highest BCUT2D eigenvalue weighted by Crippen LogP contribution is 2.27. The van der Waals surface area contributed by atoms with Gasteiger partial charge in [-0.3, -0.25) is 9.10 Å². The minimum Gasteiger partial charge on any atom is -0.345 e. The van der Waals surface area contributed by atoms with Gasteiger partial charge < -0.3 is 5.32 Å². The summed E-state index contributed by atoms with van der Waals surface area (Å²) in [6.45, 7) is 3.97. The van der Waals surface area contributed by atoms with Gasteiger partial charge in [-0.1, -0.05) is 48.9 Å². The maximum Gasteiger partial charge on any atom is 0.264 e. The minimum absolute atomic E-state index is 0.0996. The maximum atomic E-state index is 13.1. The highest BCUT2D eigenvalue weighted by atomic mass is 32.2. The van der Waals surface area contributed by atoms with Crippen molar-refractivity contribution < 1.29 is 13.2 Å². The third kappa shape index (κ3) is 5.02. The molecule has 0 aromatic heterocycles. The first kappa shape index (κ1) is 24.0. The lowest BCUT2D eigenvalue weighted by molar-refractivity contribution is 0.0935. The number of nitrogens with one attached hydrogen (secondary N) is 1. The highest BCUT2D eigenvalue weighted by Gasteiger charge is 2.23. The average Bonchev–Trinajstić information content (AvgIpc) is 2.86. The van der Waals surface area contributed by atoms with Gasteiger partial charge >= 0.3 is 0 Å². The molecule has 1 aliphatic rings. The van der Waals surface area contributed by atoms with Gasteiger partial charge in [0.15, 0.2) is 0 Å². The second-order valence-electron chi connectivity index (χ2n) is 9.01. The largest absolute Gasteiger partial charge is 0.345 e. The summed E-state index contributed by atoms with van der Waals surface area (Å²) < 4.78 is 27.4. The van der Waals surface area contributed by atoms with E-state index in [9.17, 15) is 13.2 Å². The fourth-order valence-electron chi connectivity index (χ4n) is 4.48. The van der Waals surface area contributed by atoms with Crippen molar-refractivity contribution >= 4 is 21.6 Å². The van der Waals surface area contributed by atoms with Crippen molar-refractivity contribution in [3.8, 4) is 0 Å². The third-order valence-electron chi connectivity index (χ3n) is 6.64. The number of hydrogen-bond acceptors (Lipinski definition) is 3. The van der Waals surface area contributed by atoms with E-state index in [0.29, 0.717) is 11.3 Å². The Labute approximate surface area is 202 Å². The van der Waals surface area contributed by atoms with Crippen LogP contribution in [-0.4, -0.2) is 21.4 Å². The molecule has 5 nitrogen and oxygen atoms in total. The zero-order chi connectivity index (χ0) is 24.3. The number of rotatable bonds is 7. The van der Waals surface area contributed by atoms with Crippen LogP contribution in [0.15, 0.2) is 71.6 Å². The number of sulfonamides is 1. The van der Waals surface area contributed by atoms with Gasteiger partial charge in [0.25, 0.3) is 15.9 Å². The number of anilines is 1. The smallest absolute Gasteiger partial charge is 0.264 e. The van der Waals surface area contributed by atoms with Crippen molar-refractivity contribution in [1.82, 2.24) is 5.32 Å². The first-order valence-electron chi connectivity index (χ1n) is 11.9. The van der Waals surface area contributed by atoms with Crippen LogP contribution in [0.3, 0.4) is 0 Å². The molecule has 6 heteroatoms. The SMILES string of the molecule is CC[C@H](NC(=O)c1cccc(N(C)S(=O)(=O)c2ccc(C)cc2)c1)c1ccc2c(c1)CCCC2. The van der Waals surface area contributed by atoms with Gasteiger partial charge in [0.2, 0.25) is 0 Å². The number of amides is 1. The molecule has 0 saturated carbocycles. The summed E-state index contributed by atoms with van der Waals surface area (Å²) in [6, 6.07) is 20.0. The van der Waals surface area contributed by atoms with Crippen molar-refractivity contribution in [3.05, 3.63) is 94.5 Å². The number of hydrogen-bond donors (Lipinski definition) is 1. The summed E-state index contributed by atoms with van der Waals surface area (Å²) in [4.78, 5) is 13.3. The van der Waals surface area contributed by atoms with E-state index >= 15 is 0 Å². The van der Waals surface area contributed by atoms with Crippen LogP contribution in [0, 0.1) is 6.92 Å². The molecule has 0 spiro atoms. The van der Waals surface area contributed by atoms with Crippen LogP contribution in [0.4, 0.5) is 5.69 Å². The van der Waals surface area contributed by atoms with Gasteiger partial charge in [-0.25, -0.2) is 8.42 Å². The molecule has 34 heavy (non-hydrogen) atoms. The van der Waals surface area contributed by atoms with Gasteiger partial charge in [0, 0.05) is 12.6 Å². The van der Waals surface area contributed by atoms with Gasteiger partial charge in [-0.2, -0.15) is 0 Å². The van der Waals surface area contributed by atoms with E-state index in [1.807, 2.05) is 6.92 Å². The van der Waals surface area contributed by atoms with E-state index in [4.69, 9.17) is 0 Å². The van der Waals surface area contributed by atoms with Crippen LogP contribution in [0.2, 0.25) is 0 Å². The Morgan fingerprint density at radius 3 is 2.38 bits per heavy atom. The number of fused-ring (bicyclic) bond motifs is 1. The molecule has 3 aromatic carbocycles. The Balaban J connectivity index is 1.53. The van der Waals surface area contributed by atoms with E-state index in [2.05, 4.69) is 30.4 Å². The summed E-state index contributed by atoms with van der Waals surface area (Å²) >= 11 is 0. The second-order valence-corrected chi connectivity index (χ2v) is 11.0. The van der Waals surface area contributed by atoms with Gasteiger partial charge in [-0.05, 0) is 86.1 Å². The van der Waals surface area contributed by atoms with Crippen molar-refractivity contribution in [3.63, 3.8) is 0 Å². The number of carbonyl (C=O) groups is 1. The predicted octanol–water partition coefficient (Wildman–Crippen LogP) is 5.58. The van der Waals surface area contributed by atoms with Gasteiger partial charge in [0.1, 0.15) is 0 Å². The summed E-state index contributed by atoms with van der Waals surface area (Å²) in [7, 11) is -2.22. The van der Waals surface area contributed by atoms with Crippen LogP contribution >= 0.6 is 0 Å². The summed E-state index contributed by atoms with van der Waals surface area (Å²) in [5, 5.41) is 3.14. The molecule has 1 aliphatic carbocycles. The fraction of sp³-hybridized carbons (Fsp3) is 0.321. The molecule has 4 rings (SSSR count). The van der Waals surface area contributed by atoms with E-state index in [-0.39, 0.29) is 16.8 Å². The number of carbonyl (C=O) groups excluding carboxylic acids is 1. The lowest BCUT2D eigenvalue weighted by Crippen LogP contribution is -2.29. The monoisotopic (exact) mass is 476 g/mol. The molecule has 1 atom stereocenters. The standard InChI is InChI=1S/C28H32N2O3S/c1-4-27(23-15-14-21-8-5-6-9-22(21)18-23)29-28(31)24-10-7-11-25(19-24)30(3)34(32,33)26-16-12-20(2)13-17-26/h7,10-19,27H,4-6,8-9H2,1-3H3,(H,29,31)/t27-/m0/s1. The second kappa shape index (κ2) is 10.0. The van der Waals surface area contributed by atoms with Gasteiger partial charge in [0.05, 0.1) is 16.6 Å². The van der Waals surface area contributed by atoms with E-state index < -0.39 is 10.0 Å². The molecule has 1 N–H and O–H groups in total. The molecule has 1 amide bonds. The topological polar surface area (TPSA) is 66.5 Å². The predicted molar refractivity (Wildman–Crippen MR) is 137 cm³/mol. The van der Waals surface area contributed by atoms with Crippen LogP contribution in [0.1, 0.15) is 64.8 Å². The van der Waals surface area contributed by atoms with Gasteiger partial charge in [-0.15, -0.1) is 0 Å². The molecule has 178 valence electrons. The molecular formula is C28H32N2O3S. The maximum absolute atomic E-state index is 13.1. The van der Waals surface area contributed by atoms with E-state index in [1.165, 1.54) is 35.3 Å². The van der Waals surface area contributed by atoms with Crippen LogP contribution in [0.25, 0.3) is 0 Å². The zero-order valence-electron chi connectivity index (χ0n) is 20.0. The molecule has 0 fully saturated rings. The molecule has 0 bridgehead atoms. The quantitative estimate of drug-likeness (QED) is 0.484. The van der Waals surface area contributed by atoms with Crippen molar-refractivity contribution in [2.24, 2.45) is 0 Å². The molecule has 0 aliphatic heterocycles. The number of aryl methyl sites for hydroxylation is 3. The van der Waals surface area contributed by atoms with Crippen molar-refractivity contribution in [2.75, 3.05) is 11.4 Å². The first-order valence-corrected chi connectivity index (χ1v) is 13.3. The van der Waals surface area contributed by atoms with Crippen LogP contribution < -0.4 is 9.62 Å². The molecule has 3 aromatic rings. The fourth-order valence-corrected chi connectivity index (χ4v) is 5.67. The summed E-state index contributed by atoms with van der Waals surface area (Å²) in [5.41, 5.74) is 5.79. The highest BCUT2D eigenvalue weighted by molar-refractivity contribution is 7.92. The molecule has 0 unspecified atom stereocenters. The number of benzene rings is 3. The Morgan fingerprint density at radius 2 is 1.68 bits per heavy atom. The van der Waals surface area contributed by atoms with E-state index in [0.717, 1.165) is 30.4 Å². The third-order valence-corrected chi connectivity index (χ3v) is 8.44. The van der Waals surface area contributed by atoms with Crippen LogP contribution in [-0.2, 0) is 22.9 Å². The van der Waals surface area contributed by atoms with E-state index in [1.54, 1.807) is 48.5 Å².